The van der Waals surface area contributed by atoms with Gasteiger partial charge >= 0.3 is 0 Å². The highest BCUT2D eigenvalue weighted by molar-refractivity contribution is 7.12. The number of amidine groups is 1. The fourth-order valence-corrected chi connectivity index (χ4v) is 2.37. The first-order valence-corrected chi connectivity index (χ1v) is 6.27. The third-order valence-electron chi connectivity index (χ3n) is 2.44. The third kappa shape index (κ3) is 2.26. The molecule has 0 radical (unpaired) electrons. The summed E-state index contributed by atoms with van der Waals surface area (Å²) in [5.41, 5.74) is 2.04. The van der Waals surface area contributed by atoms with E-state index in [1.165, 1.54) is 0 Å². The largest absolute Gasteiger partial charge is 0.342 e. The maximum absolute atomic E-state index is 4.59. The number of rotatable bonds is 1. The lowest BCUT2D eigenvalue weighted by Crippen LogP contribution is -2.14. The molecular weight excluding hydrogens is 230 g/mol. The molecule has 0 amide bonds. The molecular formula is C13H11N3S. The zero-order valence-corrected chi connectivity index (χ0v) is 9.95. The molecule has 17 heavy (non-hydrogen) atoms. The minimum atomic E-state index is 0.594. The molecule has 1 N–H and O–H groups in total. The van der Waals surface area contributed by atoms with E-state index in [0.717, 1.165) is 22.1 Å². The average Bonchev–Trinajstić information content (AvgIpc) is 2.70. The number of nitrogens with zero attached hydrogens (tertiary/aromatic N) is 2. The summed E-state index contributed by atoms with van der Waals surface area (Å²) in [6.45, 7) is 0.594. The normalized spacial score (nSPS) is 13.8. The fraction of sp³-hybridized carbons (Fsp3) is 0.0769. The van der Waals surface area contributed by atoms with Gasteiger partial charge in [-0.15, -0.1) is 11.3 Å². The third-order valence-corrected chi connectivity index (χ3v) is 3.28. The van der Waals surface area contributed by atoms with E-state index >= 15 is 0 Å². The zero-order chi connectivity index (χ0) is 11.5. The molecule has 0 aliphatic carbocycles. The molecule has 2 heterocycles. The SMILES string of the molecule is C1=NCC(Nc2ccccc2)=Nc2ccsc21. The Kier molecular flexibility index (Phi) is 2.71. The number of hydrogen-bond donors (Lipinski definition) is 1. The number of para-hydroxylation sites is 1. The first-order valence-electron chi connectivity index (χ1n) is 5.39. The van der Waals surface area contributed by atoms with Gasteiger partial charge in [0.2, 0.25) is 0 Å². The van der Waals surface area contributed by atoms with Gasteiger partial charge in [0.15, 0.2) is 0 Å². The molecule has 0 unspecified atom stereocenters. The van der Waals surface area contributed by atoms with Crippen molar-refractivity contribution in [2.75, 3.05) is 11.9 Å². The molecule has 4 heteroatoms. The first-order chi connectivity index (χ1) is 8.42. The van der Waals surface area contributed by atoms with Crippen LogP contribution in [0.1, 0.15) is 4.88 Å². The number of aliphatic imine (C=N–C) groups is 2. The van der Waals surface area contributed by atoms with Crippen molar-refractivity contribution in [3.8, 4) is 0 Å². The van der Waals surface area contributed by atoms with Gasteiger partial charge in [0.25, 0.3) is 0 Å². The van der Waals surface area contributed by atoms with Gasteiger partial charge in [0.05, 0.1) is 17.1 Å². The summed E-state index contributed by atoms with van der Waals surface area (Å²) in [7, 11) is 0. The van der Waals surface area contributed by atoms with E-state index in [2.05, 4.69) is 15.3 Å². The van der Waals surface area contributed by atoms with Crippen LogP contribution in [0.3, 0.4) is 0 Å². The van der Waals surface area contributed by atoms with Gasteiger partial charge in [-0.1, -0.05) is 18.2 Å². The number of benzene rings is 1. The average molecular weight is 241 g/mol. The van der Waals surface area contributed by atoms with Crippen LogP contribution in [0.4, 0.5) is 11.4 Å². The van der Waals surface area contributed by atoms with Crippen molar-refractivity contribution in [1.29, 1.82) is 0 Å². The lowest BCUT2D eigenvalue weighted by Gasteiger charge is -2.06. The lowest BCUT2D eigenvalue weighted by molar-refractivity contribution is 1.29. The molecule has 84 valence electrons. The summed E-state index contributed by atoms with van der Waals surface area (Å²) in [6, 6.07) is 12.0. The Balaban J connectivity index is 1.88. The van der Waals surface area contributed by atoms with Crippen molar-refractivity contribution in [1.82, 2.24) is 0 Å². The number of hydrogen-bond acceptors (Lipinski definition) is 4. The standard InChI is InChI=1S/C13H11N3S/c1-2-4-10(5-3-1)15-13-9-14-8-12-11(16-13)6-7-17-12/h1-8H,9H2,(H,15,16). The van der Waals surface area contributed by atoms with Gasteiger partial charge in [-0.2, -0.15) is 0 Å². The Morgan fingerprint density at radius 2 is 2.00 bits per heavy atom. The van der Waals surface area contributed by atoms with E-state index in [9.17, 15) is 0 Å². The smallest absolute Gasteiger partial charge is 0.128 e. The van der Waals surface area contributed by atoms with Crippen molar-refractivity contribution in [3.63, 3.8) is 0 Å². The van der Waals surface area contributed by atoms with Gasteiger partial charge in [-0.3, -0.25) is 4.99 Å². The molecule has 0 saturated carbocycles. The summed E-state index contributed by atoms with van der Waals surface area (Å²) < 4.78 is 0. The number of thiophene rings is 1. The molecule has 0 bridgehead atoms. The van der Waals surface area contributed by atoms with Crippen LogP contribution in [0.5, 0.6) is 0 Å². The Bertz CT molecular complexity index is 569. The molecule has 1 aliphatic heterocycles. The van der Waals surface area contributed by atoms with Crippen molar-refractivity contribution >= 4 is 34.8 Å². The molecule has 0 spiro atoms. The maximum Gasteiger partial charge on any atom is 0.128 e. The predicted molar refractivity (Wildman–Crippen MR) is 73.9 cm³/mol. The minimum Gasteiger partial charge on any atom is -0.342 e. The molecule has 3 nitrogen and oxygen atoms in total. The summed E-state index contributed by atoms with van der Waals surface area (Å²) in [5, 5.41) is 5.33. The van der Waals surface area contributed by atoms with Crippen LogP contribution >= 0.6 is 11.3 Å². The highest BCUT2D eigenvalue weighted by Gasteiger charge is 2.07. The van der Waals surface area contributed by atoms with Crippen LogP contribution < -0.4 is 5.32 Å². The molecule has 0 fully saturated rings. The molecule has 0 atom stereocenters. The van der Waals surface area contributed by atoms with E-state index < -0.39 is 0 Å². The van der Waals surface area contributed by atoms with Gasteiger partial charge in [-0.25, -0.2) is 4.99 Å². The van der Waals surface area contributed by atoms with Crippen molar-refractivity contribution in [3.05, 3.63) is 46.7 Å². The topological polar surface area (TPSA) is 36.8 Å². The van der Waals surface area contributed by atoms with Crippen molar-refractivity contribution < 1.29 is 0 Å². The van der Waals surface area contributed by atoms with E-state index in [1.807, 2.05) is 48.0 Å². The fourth-order valence-electron chi connectivity index (χ4n) is 1.65. The molecule has 1 aromatic carbocycles. The Morgan fingerprint density at radius 3 is 2.88 bits per heavy atom. The lowest BCUT2D eigenvalue weighted by atomic mass is 10.3. The van der Waals surface area contributed by atoms with Crippen LogP contribution in [-0.2, 0) is 0 Å². The Morgan fingerprint density at radius 1 is 1.12 bits per heavy atom. The number of anilines is 1. The van der Waals surface area contributed by atoms with Gasteiger partial charge in [0.1, 0.15) is 5.84 Å². The summed E-state index contributed by atoms with van der Waals surface area (Å²) in [4.78, 5) is 10.1. The highest BCUT2D eigenvalue weighted by Crippen LogP contribution is 2.25. The van der Waals surface area contributed by atoms with Crippen molar-refractivity contribution in [2.45, 2.75) is 0 Å². The monoisotopic (exact) mass is 241 g/mol. The Labute approximate surface area is 104 Å². The summed E-state index contributed by atoms with van der Waals surface area (Å²) in [5.74, 6) is 0.879. The summed E-state index contributed by atoms with van der Waals surface area (Å²) in [6.07, 6.45) is 1.89. The quantitative estimate of drug-likeness (QED) is 0.817. The predicted octanol–water partition coefficient (Wildman–Crippen LogP) is 3.32. The maximum atomic E-state index is 4.59. The van der Waals surface area contributed by atoms with Gasteiger partial charge < -0.3 is 5.32 Å². The number of fused-ring (bicyclic) bond motifs is 1. The van der Waals surface area contributed by atoms with Crippen LogP contribution in [0.2, 0.25) is 0 Å². The van der Waals surface area contributed by atoms with E-state index in [4.69, 9.17) is 0 Å². The second-order valence-corrected chi connectivity index (χ2v) is 4.64. The highest BCUT2D eigenvalue weighted by atomic mass is 32.1. The van der Waals surface area contributed by atoms with Crippen LogP contribution in [-0.4, -0.2) is 18.6 Å². The molecule has 3 rings (SSSR count). The van der Waals surface area contributed by atoms with E-state index in [1.54, 1.807) is 11.3 Å². The van der Waals surface area contributed by atoms with Gasteiger partial charge in [0, 0.05) is 11.9 Å². The molecule has 1 aromatic heterocycles. The number of nitrogens with one attached hydrogen (secondary N) is 1. The van der Waals surface area contributed by atoms with E-state index in [0.29, 0.717) is 6.54 Å². The van der Waals surface area contributed by atoms with Crippen LogP contribution in [0.25, 0.3) is 0 Å². The zero-order valence-electron chi connectivity index (χ0n) is 9.13. The second kappa shape index (κ2) is 4.51. The van der Waals surface area contributed by atoms with Crippen LogP contribution in [0, 0.1) is 0 Å². The van der Waals surface area contributed by atoms with Crippen molar-refractivity contribution in [2.24, 2.45) is 9.98 Å². The summed E-state index contributed by atoms with van der Waals surface area (Å²) >= 11 is 1.66. The van der Waals surface area contributed by atoms with Gasteiger partial charge in [-0.05, 0) is 23.6 Å². The molecule has 1 aliphatic rings. The molecule has 2 aromatic rings. The molecule has 0 saturated heterocycles. The second-order valence-electron chi connectivity index (χ2n) is 3.69. The Hall–Kier alpha value is -1.94. The first kappa shape index (κ1) is 10.2. The van der Waals surface area contributed by atoms with Crippen LogP contribution in [0.15, 0.2) is 51.8 Å². The van der Waals surface area contributed by atoms with E-state index in [-0.39, 0.29) is 0 Å². The minimum absolute atomic E-state index is 0.594.